The van der Waals surface area contributed by atoms with Crippen LogP contribution in [-0.2, 0) is 19.1 Å². The largest absolute Gasteiger partial charge is 0.466 e. The lowest BCUT2D eigenvalue weighted by molar-refractivity contribution is -0.149. The molecule has 6 heteroatoms. The topological polar surface area (TPSA) is 85.6 Å². The van der Waals surface area contributed by atoms with Crippen LogP contribution >= 0.6 is 0 Å². The first-order chi connectivity index (χ1) is 14.8. The number of ether oxygens (including phenoxy) is 3. The van der Waals surface area contributed by atoms with Crippen LogP contribution in [0, 0.1) is 28.6 Å². The number of nitrogens with zero attached hydrogens (tertiary/aromatic N) is 1. The second kappa shape index (κ2) is 9.05. The second-order valence-corrected chi connectivity index (χ2v) is 8.10. The van der Waals surface area contributed by atoms with Gasteiger partial charge in [-0.1, -0.05) is 50.3 Å². The second-order valence-electron chi connectivity index (χ2n) is 8.10. The summed E-state index contributed by atoms with van der Waals surface area (Å²) in [4.78, 5) is 24.5. The molecule has 160 valence electrons. The predicted molar refractivity (Wildman–Crippen MR) is 114 cm³/mol. The third kappa shape index (κ3) is 4.95. The third-order valence-corrected chi connectivity index (χ3v) is 5.59. The first-order valence-corrected chi connectivity index (χ1v) is 9.97. The SMILES string of the molecule is COC(=O)/C(C)=C/[C@H]1[C@H](C(=O)O[C@@H](C#N)c2cccc(Oc3ccccc3)c2)C1(C)C. The van der Waals surface area contributed by atoms with E-state index in [1.807, 2.05) is 50.2 Å². The van der Waals surface area contributed by atoms with E-state index in [4.69, 9.17) is 14.2 Å². The molecule has 2 aromatic carbocycles. The van der Waals surface area contributed by atoms with Gasteiger partial charge >= 0.3 is 11.9 Å². The molecule has 1 saturated carbocycles. The van der Waals surface area contributed by atoms with Crippen molar-refractivity contribution in [3.05, 3.63) is 71.8 Å². The monoisotopic (exact) mass is 419 g/mol. The lowest BCUT2D eigenvalue weighted by Crippen LogP contribution is -2.14. The van der Waals surface area contributed by atoms with Crippen molar-refractivity contribution in [1.82, 2.24) is 0 Å². The summed E-state index contributed by atoms with van der Waals surface area (Å²) in [6, 6.07) is 18.2. The van der Waals surface area contributed by atoms with Crippen molar-refractivity contribution in [3.63, 3.8) is 0 Å². The van der Waals surface area contributed by atoms with E-state index in [0.717, 1.165) is 0 Å². The van der Waals surface area contributed by atoms with Crippen LogP contribution in [0.4, 0.5) is 0 Å². The molecule has 31 heavy (non-hydrogen) atoms. The summed E-state index contributed by atoms with van der Waals surface area (Å²) in [5.74, 6) is -0.288. The zero-order chi connectivity index (χ0) is 22.6. The highest BCUT2D eigenvalue weighted by atomic mass is 16.5. The first kappa shape index (κ1) is 22.1. The molecule has 6 nitrogen and oxygen atoms in total. The molecule has 3 atom stereocenters. The highest BCUT2D eigenvalue weighted by molar-refractivity contribution is 5.88. The number of carbonyl (C=O) groups is 2. The summed E-state index contributed by atoms with van der Waals surface area (Å²) in [5, 5.41) is 9.62. The van der Waals surface area contributed by atoms with Gasteiger partial charge < -0.3 is 14.2 Å². The van der Waals surface area contributed by atoms with E-state index in [1.165, 1.54) is 7.11 Å². The van der Waals surface area contributed by atoms with E-state index in [2.05, 4.69) is 0 Å². The number of hydrogen-bond donors (Lipinski definition) is 0. The third-order valence-electron chi connectivity index (χ3n) is 5.59. The molecule has 1 aliphatic rings. The van der Waals surface area contributed by atoms with Gasteiger partial charge in [-0.25, -0.2) is 4.79 Å². The molecule has 0 N–H and O–H groups in total. The van der Waals surface area contributed by atoms with Crippen molar-refractivity contribution >= 4 is 11.9 Å². The number of methoxy groups -OCH3 is 1. The van der Waals surface area contributed by atoms with E-state index < -0.39 is 24.0 Å². The Kier molecular flexibility index (Phi) is 6.45. The summed E-state index contributed by atoms with van der Waals surface area (Å²) in [7, 11) is 1.32. The highest BCUT2D eigenvalue weighted by Crippen LogP contribution is 2.60. The number of rotatable bonds is 7. The van der Waals surface area contributed by atoms with Gasteiger partial charge in [0.25, 0.3) is 0 Å². The van der Waals surface area contributed by atoms with Crippen LogP contribution in [0.25, 0.3) is 0 Å². The first-order valence-electron chi connectivity index (χ1n) is 9.97. The van der Waals surface area contributed by atoms with Gasteiger partial charge in [-0.05, 0) is 42.5 Å². The number of carbonyl (C=O) groups excluding carboxylic acids is 2. The Labute approximate surface area is 182 Å². The number of nitriles is 1. The molecule has 0 heterocycles. The minimum Gasteiger partial charge on any atom is -0.466 e. The maximum atomic E-state index is 12.8. The molecule has 0 saturated heterocycles. The summed E-state index contributed by atoms with van der Waals surface area (Å²) in [6.45, 7) is 5.51. The molecule has 0 amide bonds. The minimum absolute atomic E-state index is 0.161. The Bertz CT molecular complexity index is 1040. The molecule has 0 radical (unpaired) electrons. The fourth-order valence-corrected chi connectivity index (χ4v) is 3.66. The molecular formula is C25H25NO5. The fourth-order valence-electron chi connectivity index (χ4n) is 3.66. The van der Waals surface area contributed by atoms with Gasteiger partial charge in [0.15, 0.2) is 0 Å². The zero-order valence-corrected chi connectivity index (χ0v) is 18.0. The van der Waals surface area contributed by atoms with Crippen LogP contribution in [0.3, 0.4) is 0 Å². The number of allylic oxidation sites excluding steroid dienone is 1. The number of para-hydroxylation sites is 1. The molecule has 0 unspecified atom stereocenters. The van der Waals surface area contributed by atoms with E-state index in [9.17, 15) is 14.9 Å². The van der Waals surface area contributed by atoms with Crippen molar-refractivity contribution in [2.24, 2.45) is 17.3 Å². The molecule has 1 fully saturated rings. The fraction of sp³-hybridized carbons (Fsp3) is 0.320. The maximum Gasteiger partial charge on any atom is 0.333 e. The van der Waals surface area contributed by atoms with Crippen molar-refractivity contribution in [2.75, 3.05) is 7.11 Å². The van der Waals surface area contributed by atoms with E-state index in [-0.39, 0.29) is 11.3 Å². The predicted octanol–water partition coefficient (Wildman–Crippen LogP) is 4.98. The van der Waals surface area contributed by atoms with Gasteiger partial charge in [-0.2, -0.15) is 5.26 Å². The Morgan fingerprint density at radius 3 is 2.42 bits per heavy atom. The van der Waals surface area contributed by atoms with Gasteiger partial charge in [0.1, 0.15) is 17.6 Å². The highest BCUT2D eigenvalue weighted by Gasteiger charge is 2.62. The van der Waals surface area contributed by atoms with E-state index in [0.29, 0.717) is 22.6 Å². The Morgan fingerprint density at radius 2 is 1.77 bits per heavy atom. The normalized spacial score (nSPS) is 20.2. The summed E-state index contributed by atoms with van der Waals surface area (Å²) in [6.07, 6.45) is 0.683. The number of esters is 2. The van der Waals surface area contributed by atoms with Crippen LogP contribution in [-0.4, -0.2) is 19.0 Å². The Balaban J connectivity index is 1.71. The molecule has 2 aromatic rings. The Hall–Kier alpha value is -3.59. The summed E-state index contributed by atoms with van der Waals surface area (Å²) < 4.78 is 16.1. The quantitative estimate of drug-likeness (QED) is 0.465. The van der Waals surface area contributed by atoms with E-state index >= 15 is 0 Å². The maximum absolute atomic E-state index is 12.8. The van der Waals surface area contributed by atoms with Gasteiger partial charge in [-0.3, -0.25) is 4.79 Å². The smallest absolute Gasteiger partial charge is 0.333 e. The lowest BCUT2D eigenvalue weighted by Gasteiger charge is -2.13. The van der Waals surface area contributed by atoms with Gasteiger partial charge in [-0.15, -0.1) is 0 Å². The lowest BCUT2D eigenvalue weighted by atomic mass is 10.1. The van der Waals surface area contributed by atoms with Crippen molar-refractivity contribution in [1.29, 1.82) is 5.26 Å². The average Bonchev–Trinajstić information content (AvgIpc) is 3.31. The molecular weight excluding hydrogens is 394 g/mol. The van der Waals surface area contributed by atoms with Crippen LogP contribution in [0.1, 0.15) is 32.4 Å². The van der Waals surface area contributed by atoms with Gasteiger partial charge in [0.05, 0.1) is 13.0 Å². The van der Waals surface area contributed by atoms with Crippen LogP contribution in [0.5, 0.6) is 11.5 Å². The summed E-state index contributed by atoms with van der Waals surface area (Å²) >= 11 is 0. The number of hydrogen-bond acceptors (Lipinski definition) is 6. The molecule has 0 aliphatic heterocycles. The van der Waals surface area contributed by atoms with Crippen molar-refractivity contribution in [2.45, 2.75) is 26.9 Å². The van der Waals surface area contributed by atoms with Crippen LogP contribution < -0.4 is 4.74 Å². The van der Waals surface area contributed by atoms with Crippen LogP contribution in [0.15, 0.2) is 66.2 Å². The minimum atomic E-state index is -1.06. The van der Waals surface area contributed by atoms with Crippen LogP contribution in [0.2, 0.25) is 0 Å². The summed E-state index contributed by atoms with van der Waals surface area (Å²) in [5.41, 5.74) is 0.601. The molecule has 0 aromatic heterocycles. The molecule has 1 aliphatic carbocycles. The molecule has 0 spiro atoms. The van der Waals surface area contributed by atoms with E-state index in [1.54, 1.807) is 37.3 Å². The van der Waals surface area contributed by atoms with Crippen molar-refractivity contribution in [3.8, 4) is 17.6 Å². The molecule has 3 rings (SSSR count). The molecule has 0 bridgehead atoms. The zero-order valence-electron chi connectivity index (χ0n) is 18.0. The average molecular weight is 419 g/mol. The Morgan fingerprint density at radius 1 is 1.10 bits per heavy atom. The van der Waals surface area contributed by atoms with Crippen molar-refractivity contribution < 1.29 is 23.8 Å². The van der Waals surface area contributed by atoms with Gasteiger partial charge in [0.2, 0.25) is 6.10 Å². The number of benzene rings is 2. The van der Waals surface area contributed by atoms with Gasteiger partial charge in [0, 0.05) is 11.1 Å². The standard InChI is InChI=1S/C25H25NO5/c1-16(23(27)29-4)13-20-22(25(20,2)3)24(28)31-21(15-26)17-9-8-12-19(14-17)30-18-10-6-5-7-11-18/h5-14,20-22H,1-4H3/b16-13+/t20-,21-,22+/m0/s1.